The number of carbonyl (C=O) groups is 1. The highest BCUT2D eigenvalue weighted by atomic mass is 19.1. The Morgan fingerprint density at radius 2 is 2.22 bits per heavy atom. The maximum Gasteiger partial charge on any atom is 0.319 e. The van der Waals surface area contributed by atoms with Crippen molar-refractivity contribution in [1.82, 2.24) is 15.1 Å². The zero-order valence-corrected chi connectivity index (χ0v) is 13.0. The largest absolute Gasteiger partial charge is 0.488 e. The van der Waals surface area contributed by atoms with Crippen LogP contribution in [0.4, 0.5) is 14.9 Å². The van der Waals surface area contributed by atoms with Crippen LogP contribution in [0.25, 0.3) is 0 Å². The van der Waals surface area contributed by atoms with Gasteiger partial charge in [-0.05, 0) is 12.1 Å². The van der Waals surface area contributed by atoms with Gasteiger partial charge in [-0.15, -0.1) is 0 Å². The van der Waals surface area contributed by atoms with Crippen LogP contribution in [0.15, 0.2) is 30.6 Å². The standard InChI is InChI=1S/C15H19FN4O3/c1-20-10-11(9-18-20)8-17-15(21)19-12-3-4-14(13(16)7-12)23-6-5-22-2/h3-4,7,9-10H,5-6,8H2,1-2H3,(H2,17,19,21). The summed E-state index contributed by atoms with van der Waals surface area (Å²) in [5, 5.41) is 9.22. The van der Waals surface area contributed by atoms with Gasteiger partial charge in [0.15, 0.2) is 11.6 Å². The summed E-state index contributed by atoms with van der Waals surface area (Å²) in [6, 6.07) is 3.80. The summed E-state index contributed by atoms with van der Waals surface area (Å²) in [7, 11) is 3.33. The number of amides is 2. The first-order valence-corrected chi connectivity index (χ1v) is 7.02. The van der Waals surface area contributed by atoms with Crippen molar-refractivity contribution < 1.29 is 18.7 Å². The summed E-state index contributed by atoms with van der Waals surface area (Å²) in [6.45, 7) is 0.961. The van der Waals surface area contributed by atoms with Gasteiger partial charge in [0.05, 0.1) is 12.8 Å². The van der Waals surface area contributed by atoms with Crippen molar-refractivity contribution in [2.75, 3.05) is 25.6 Å². The Morgan fingerprint density at radius 3 is 2.87 bits per heavy atom. The summed E-state index contributed by atoms with van der Waals surface area (Å²) >= 11 is 0. The molecule has 2 aromatic rings. The minimum absolute atomic E-state index is 0.114. The summed E-state index contributed by atoms with van der Waals surface area (Å²) < 4.78 is 25.5. The number of aryl methyl sites for hydroxylation is 1. The van der Waals surface area contributed by atoms with Gasteiger partial charge in [-0.25, -0.2) is 9.18 Å². The molecule has 0 atom stereocenters. The number of rotatable bonds is 7. The van der Waals surface area contributed by atoms with E-state index in [9.17, 15) is 9.18 Å². The Labute approximate surface area is 133 Å². The van der Waals surface area contributed by atoms with Crippen LogP contribution >= 0.6 is 0 Å². The number of carbonyl (C=O) groups excluding carboxylic acids is 1. The lowest BCUT2D eigenvalue weighted by atomic mass is 10.3. The molecule has 124 valence electrons. The van der Waals surface area contributed by atoms with Gasteiger partial charge in [0, 0.05) is 44.2 Å². The van der Waals surface area contributed by atoms with Gasteiger partial charge in [0.2, 0.25) is 0 Å². The third kappa shape index (κ3) is 5.26. The Hall–Kier alpha value is -2.61. The van der Waals surface area contributed by atoms with E-state index in [1.54, 1.807) is 30.2 Å². The number of hydrogen-bond donors (Lipinski definition) is 2. The maximum absolute atomic E-state index is 13.8. The number of halogens is 1. The molecule has 0 radical (unpaired) electrons. The van der Waals surface area contributed by atoms with Crippen LogP contribution in [-0.2, 0) is 18.3 Å². The number of methoxy groups -OCH3 is 1. The van der Waals surface area contributed by atoms with Crippen molar-refractivity contribution in [2.45, 2.75) is 6.54 Å². The van der Waals surface area contributed by atoms with Crippen LogP contribution in [-0.4, -0.2) is 36.1 Å². The van der Waals surface area contributed by atoms with Gasteiger partial charge < -0.3 is 20.1 Å². The Kier molecular flexibility index (Phi) is 5.93. The molecule has 0 aliphatic carbocycles. The van der Waals surface area contributed by atoms with Gasteiger partial charge >= 0.3 is 6.03 Å². The van der Waals surface area contributed by atoms with E-state index < -0.39 is 11.8 Å². The molecule has 0 saturated heterocycles. The highest BCUT2D eigenvalue weighted by Crippen LogP contribution is 2.21. The molecular formula is C15H19FN4O3. The van der Waals surface area contributed by atoms with E-state index in [2.05, 4.69) is 15.7 Å². The molecule has 0 saturated carbocycles. The van der Waals surface area contributed by atoms with Crippen molar-refractivity contribution in [2.24, 2.45) is 7.05 Å². The number of ether oxygens (including phenoxy) is 2. The normalized spacial score (nSPS) is 10.4. The van der Waals surface area contributed by atoms with E-state index in [0.29, 0.717) is 18.8 Å². The molecule has 0 spiro atoms. The summed E-state index contributed by atoms with van der Waals surface area (Å²) in [5.74, 6) is -0.436. The van der Waals surface area contributed by atoms with E-state index in [1.807, 2.05) is 0 Å². The quantitative estimate of drug-likeness (QED) is 0.763. The predicted octanol–water partition coefficient (Wildman–Crippen LogP) is 1.91. The number of nitrogens with one attached hydrogen (secondary N) is 2. The number of aromatic nitrogens is 2. The van der Waals surface area contributed by atoms with Crippen molar-refractivity contribution >= 4 is 11.7 Å². The van der Waals surface area contributed by atoms with Gasteiger partial charge in [0.1, 0.15) is 6.61 Å². The zero-order valence-electron chi connectivity index (χ0n) is 13.0. The van der Waals surface area contributed by atoms with Crippen molar-refractivity contribution in [3.05, 3.63) is 42.0 Å². The molecule has 0 aliphatic rings. The van der Waals surface area contributed by atoms with Crippen LogP contribution in [0, 0.1) is 5.82 Å². The summed E-state index contributed by atoms with van der Waals surface area (Å²) in [6.07, 6.45) is 3.46. The second-order valence-corrected chi connectivity index (χ2v) is 4.82. The molecule has 23 heavy (non-hydrogen) atoms. The second kappa shape index (κ2) is 8.14. The maximum atomic E-state index is 13.8. The number of benzene rings is 1. The molecule has 0 aliphatic heterocycles. The molecule has 0 fully saturated rings. The monoisotopic (exact) mass is 322 g/mol. The van der Waals surface area contributed by atoms with Gasteiger partial charge in [0.25, 0.3) is 0 Å². The second-order valence-electron chi connectivity index (χ2n) is 4.82. The van der Waals surface area contributed by atoms with Crippen LogP contribution in [0.5, 0.6) is 5.75 Å². The Bertz CT molecular complexity index is 660. The van der Waals surface area contributed by atoms with E-state index in [1.165, 1.54) is 19.2 Å². The first kappa shape index (κ1) is 16.8. The van der Waals surface area contributed by atoms with Crippen molar-refractivity contribution in [3.8, 4) is 5.75 Å². The van der Waals surface area contributed by atoms with Crippen LogP contribution < -0.4 is 15.4 Å². The molecule has 2 N–H and O–H groups in total. The molecule has 8 heteroatoms. The zero-order chi connectivity index (χ0) is 16.7. The molecule has 0 unspecified atom stereocenters. The fraction of sp³-hybridized carbons (Fsp3) is 0.333. The van der Waals surface area contributed by atoms with Gasteiger partial charge in [-0.3, -0.25) is 4.68 Å². The molecule has 1 heterocycles. The van der Waals surface area contributed by atoms with Crippen molar-refractivity contribution in [1.29, 1.82) is 0 Å². The number of urea groups is 1. The SMILES string of the molecule is COCCOc1ccc(NC(=O)NCc2cnn(C)c2)cc1F. The molecule has 2 amide bonds. The highest BCUT2D eigenvalue weighted by molar-refractivity contribution is 5.89. The average molecular weight is 322 g/mol. The lowest BCUT2D eigenvalue weighted by Crippen LogP contribution is -2.28. The summed E-state index contributed by atoms with van der Waals surface area (Å²) in [5.41, 5.74) is 1.21. The van der Waals surface area contributed by atoms with E-state index in [0.717, 1.165) is 5.56 Å². The molecular weight excluding hydrogens is 303 g/mol. The third-order valence-corrected chi connectivity index (χ3v) is 2.95. The topological polar surface area (TPSA) is 77.4 Å². The number of nitrogens with zero attached hydrogens (tertiary/aromatic N) is 2. The lowest BCUT2D eigenvalue weighted by Gasteiger charge is -2.10. The minimum Gasteiger partial charge on any atom is -0.488 e. The Balaban J connectivity index is 1.84. The fourth-order valence-corrected chi connectivity index (χ4v) is 1.85. The molecule has 1 aromatic heterocycles. The van der Waals surface area contributed by atoms with Crippen LogP contribution in [0.3, 0.4) is 0 Å². The summed E-state index contributed by atoms with van der Waals surface area (Å²) in [4.78, 5) is 11.8. The van der Waals surface area contributed by atoms with Crippen LogP contribution in [0.1, 0.15) is 5.56 Å². The predicted molar refractivity (Wildman–Crippen MR) is 82.8 cm³/mol. The van der Waals surface area contributed by atoms with E-state index in [4.69, 9.17) is 9.47 Å². The highest BCUT2D eigenvalue weighted by Gasteiger charge is 2.07. The minimum atomic E-state index is -0.550. The van der Waals surface area contributed by atoms with Gasteiger partial charge in [-0.2, -0.15) is 5.10 Å². The average Bonchev–Trinajstić information content (AvgIpc) is 2.93. The first-order valence-electron chi connectivity index (χ1n) is 7.02. The third-order valence-electron chi connectivity index (χ3n) is 2.95. The van der Waals surface area contributed by atoms with E-state index in [-0.39, 0.29) is 12.4 Å². The number of hydrogen-bond acceptors (Lipinski definition) is 4. The van der Waals surface area contributed by atoms with Gasteiger partial charge in [-0.1, -0.05) is 0 Å². The lowest BCUT2D eigenvalue weighted by molar-refractivity contribution is 0.144. The van der Waals surface area contributed by atoms with E-state index >= 15 is 0 Å². The molecule has 7 nitrogen and oxygen atoms in total. The smallest absolute Gasteiger partial charge is 0.319 e. The Morgan fingerprint density at radius 1 is 1.39 bits per heavy atom. The van der Waals surface area contributed by atoms with Crippen molar-refractivity contribution in [3.63, 3.8) is 0 Å². The first-order chi connectivity index (χ1) is 11.1. The fourth-order valence-electron chi connectivity index (χ4n) is 1.85. The molecule has 0 bridgehead atoms. The molecule has 1 aromatic carbocycles. The molecule has 2 rings (SSSR count). The van der Waals surface area contributed by atoms with Crippen LogP contribution in [0.2, 0.25) is 0 Å². The number of anilines is 1.